The quantitative estimate of drug-likeness (QED) is 0.758. The molecule has 0 spiro atoms. The highest BCUT2D eigenvalue weighted by molar-refractivity contribution is 5.75. The number of carbonyl (C=O) groups excluding carboxylic acids is 1. The van der Waals surface area contributed by atoms with Crippen molar-refractivity contribution < 1.29 is 14.1 Å². The summed E-state index contributed by atoms with van der Waals surface area (Å²) in [6, 6.07) is 7.42. The van der Waals surface area contributed by atoms with Crippen LogP contribution in [0.15, 0.2) is 28.8 Å². The molecule has 2 rings (SSSR count). The number of nitrogens with two attached hydrogens (primary N) is 1. The smallest absolute Gasteiger partial charge is 0.226 e. The Balaban J connectivity index is 1.84. The molecule has 3 N–H and O–H groups in total. The van der Waals surface area contributed by atoms with Crippen LogP contribution in [0, 0.1) is 0 Å². The molecule has 0 radical (unpaired) electrons. The van der Waals surface area contributed by atoms with Crippen molar-refractivity contribution in [1.29, 1.82) is 0 Å². The number of aromatic nitrogens is 2. The summed E-state index contributed by atoms with van der Waals surface area (Å²) in [7, 11) is 1.62. The minimum atomic E-state index is -0.0136. The first kappa shape index (κ1) is 16.0. The number of ether oxygens (including phenoxy) is 1. The van der Waals surface area contributed by atoms with Gasteiger partial charge in [-0.3, -0.25) is 4.79 Å². The molecule has 1 aromatic carbocycles. The zero-order valence-corrected chi connectivity index (χ0v) is 12.5. The fraction of sp³-hybridized carbons (Fsp3) is 0.400. The van der Waals surface area contributed by atoms with Crippen molar-refractivity contribution in [3.05, 3.63) is 30.2 Å². The molecular formula is C15H20N4O3. The minimum absolute atomic E-state index is 0.0136. The first-order valence-electron chi connectivity index (χ1n) is 7.16. The van der Waals surface area contributed by atoms with Crippen molar-refractivity contribution in [2.75, 3.05) is 20.2 Å². The zero-order chi connectivity index (χ0) is 15.8. The molecule has 0 fully saturated rings. The van der Waals surface area contributed by atoms with Crippen LogP contribution in [0.4, 0.5) is 0 Å². The van der Waals surface area contributed by atoms with Gasteiger partial charge in [-0.25, -0.2) is 0 Å². The second kappa shape index (κ2) is 8.14. The predicted octanol–water partition coefficient (Wildman–Crippen LogP) is 1.14. The van der Waals surface area contributed by atoms with Gasteiger partial charge in [0, 0.05) is 31.5 Å². The number of hydrogen-bond donors (Lipinski definition) is 2. The fourth-order valence-electron chi connectivity index (χ4n) is 1.91. The Morgan fingerprint density at radius 3 is 2.82 bits per heavy atom. The lowest BCUT2D eigenvalue weighted by atomic mass is 10.2. The van der Waals surface area contributed by atoms with Gasteiger partial charge in [-0.2, -0.15) is 4.98 Å². The number of rotatable bonds is 8. The van der Waals surface area contributed by atoms with E-state index in [1.807, 2.05) is 24.3 Å². The van der Waals surface area contributed by atoms with Gasteiger partial charge in [-0.1, -0.05) is 5.16 Å². The standard InChI is InChI=1S/C15H20N4O3/c1-21-12-7-5-11(6-8-12)15-18-14(22-19-15)4-2-3-13(20)17-10-9-16/h5-8H,2-4,9-10,16H2,1H3,(H,17,20). The van der Waals surface area contributed by atoms with E-state index >= 15 is 0 Å². The maximum Gasteiger partial charge on any atom is 0.226 e. The fourth-order valence-corrected chi connectivity index (χ4v) is 1.91. The van der Waals surface area contributed by atoms with E-state index in [9.17, 15) is 4.79 Å². The first-order valence-corrected chi connectivity index (χ1v) is 7.16. The van der Waals surface area contributed by atoms with Crippen LogP contribution in [0.5, 0.6) is 5.75 Å². The number of amides is 1. The van der Waals surface area contributed by atoms with Crippen molar-refractivity contribution in [2.24, 2.45) is 5.73 Å². The van der Waals surface area contributed by atoms with Crippen LogP contribution < -0.4 is 15.8 Å². The van der Waals surface area contributed by atoms with E-state index in [4.69, 9.17) is 15.0 Å². The molecule has 0 aliphatic carbocycles. The number of aryl methyl sites for hydroxylation is 1. The lowest BCUT2D eigenvalue weighted by Crippen LogP contribution is -2.28. The third kappa shape index (κ3) is 4.56. The van der Waals surface area contributed by atoms with Crippen LogP contribution in [0.3, 0.4) is 0 Å². The van der Waals surface area contributed by atoms with E-state index in [1.165, 1.54) is 0 Å². The SMILES string of the molecule is COc1ccc(-c2noc(CCCC(=O)NCCN)n2)cc1. The van der Waals surface area contributed by atoms with Crippen molar-refractivity contribution in [1.82, 2.24) is 15.5 Å². The highest BCUT2D eigenvalue weighted by Crippen LogP contribution is 2.20. The predicted molar refractivity (Wildman–Crippen MR) is 81.3 cm³/mol. The van der Waals surface area contributed by atoms with E-state index in [-0.39, 0.29) is 5.91 Å². The van der Waals surface area contributed by atoms with E-state index < -0.39 is 0 Å². The minimum Gasteiger partial charge on any atom is -0.497 e. The summed E-state index contributed by atoms with van der Waals surface area (Å²) in [6.07, 6.45) is 1.64. The monoisotopic (exact) mass is 304 g/mol. The zero-order valence-electron chi connectivity index (χ0n) is 12.5. The van der Waals surface area contributed by atoms with Crippen LogP contribution in [0.25, 0.3) is 11.4 Å². The normalized spacial score (nSPS) is 10.5. The van der Waals surface area contributed by atoms with Crippen LogP contribution in [0.2, 0.25) is 0 Å². The Labute approximate surface area is 128 Å². The van der Waals surface area contributed by atoms with Gasteiger partial charge in [0.15, 0.2) is 0 Å². The average Bonchev–Trinajstić information content (AvgIpc) is 3.02. The Morgan fingerprint density at radius 1 is 1.36 bits per heavy atom. The van der Waals surface area contributed by atoms with Gasteiger partial charge in [0.1, 0.15) is 5.75 Å². The molecule has 7 nitrogen and oxygen atoms in total. The number of benzene rings is 1. The highest BCUT2D eigenvalue weighted by atomic mass is 16.5. The third-order valence-corrected chi connectivity index (χ3v) is 3.08. The lowest BCUT2D eigenvalue weighted by Gasteiger charge is -2.01. The summed E-state index contributed by atoms with van der Waals surface area (Å²) in [5, 5.41) is 6.66. The largest absolute Gasteiger partial charge is 0.497 e. The Hall–Kier alpha value is -2.41. The molecule has 0 aliphatic rings. The second-order valence-corrected chi connectivity index (χ2v) is 4.73. The number of nitrogens with one attached hydrogen (secondary N) is 1. The maximum atomic E-state index is 11.4. The molecule has 1 heterocycles. The van der Waals surface area contributed by atoms with Gasteiger partial charge in [-0.15, -0.1) is 0 Å². The molecule has 118 valence electrons. The van der Waals surface area contributed by atoms with Crippen molar-refractivity contribution >= 4 is 5.91 Å². The first-order chi connectivity index (χ1) is 10.7. The Bertz CT molecular complexity index is 595. The van der Waals surface area contributed by atoms with Crippen molar-refractivity contribution in [3.63, 3.8) is 0 Å². The molecule has 0 saturated heterocycles. The van der Waals surface area contributed by atoms with E-state index in [1.54, 1.807) is 7.11 Å². The van der Waals surface area contributed by atoms with Gasteiger partial charge in [0.2, 0.25) is 17.6 Å². The van der Waals surface area contributed by atoms with Gasteiger partial charge in [0.05, 0.1) is 7.11 Å². The van der Waals surface area contributed by atoms with Crippen molar-refractivity contribution in [2.45, 2.75) is 19.3 Å². The summed E-state index contributed by atoms with van der Waals surface area (Å²) in [5.74, 6) is 1.82. The van der Waals surface area contributed by atoms with Gasteiger partial charge in [0.25, 0.3) is 0 Å². The molecule has 1 amide bonds. The number of hydrogen-bond acceptors (Lipinski definition) is 6. The molecule has 0 atom stereocenters. The topological polar surface area (TPSA) is 103 Å². The Kier molecular flexibility index (Phi) is 5.91. The van der Waals surface area contributed by atoms with E-state index in [0.717, 1.165) is 11.3 Å². The molecule has 0 unspecified atom stereocenters. The summed E-state index contributed by atoms with van der Waals surface area (Å²) >= 11 is 0. The molecule has 1 aromatic heterocycles. The van der Waals surface area contributed by atoms with Gasteiger partial charge >= 0.3 is 0 Å². The molecule has 0 saturated carbocycles. The summed E-state index contributed by atoms with van der Waals surface area (Å²) in [5.41, 5.74) is 6.17. The van der Waals surface area contributed by atoms with Gasteiger partial charge in [-0.05, 0) is 30.7 Å². The van der Waals surface area contributed by atoms with E-state index in [0.29, 0.717) is 44.1 Å². The molecule has 0 bridgehead atoms. The summed E-state index contributed by atoms with van der Waals surface area (Å²) in [4.78, 5) is 15.8. The second-order valence-electron chi connectivity index (χ2n) is 4.73. The van der Waals surface area contributed by atoms with Crippen LogP contribution >= 0.6 is 0 Å². The molecule has 2 aromatic rings. The van der Waals surface area contributed by atoms with Crippen molar-refractivity contribution in [3.8, 4) is 17.1 Å². The van der Waals surface area contributed by atoms with Gasteiger partial charge < -0.3 is 20.3 Å². The number of methoxy groups -OCH3 is 1. The lowest BCUT2D eigenvalue weighted by molar-refractivity contribution is -0.121. The number of carbonyl (C=O) groups is 1. The van der Waals surface area contributed by atoms with Crippen LogP contribution in [-0.2, 0) is 11.2 Å². The average molecular weight is 304 g/mol. The Morgan fingerprint density at radius 2 is 2.14 bits per heavy atom. The maximum absolute atomic E-state index is 11.4. The summed E-state index contributed by atoms with van der Waals surface area (Å²) in [6.45, 7) is 0.946. The summed E-state index contributed by atoms with van der Waals surface area (Å²) < 4.78 is 10.3. The molecule has 22 heavy (non-hydrogen) atoms. The molecule has 0 aliphatic heterocycles. The molecule has 7 heteroatoms. The van der Waals surface area contributed by atoms with Crippen LogP contribution in [-0.4, -0.2) is 36.2 Å². The third-order valence-electron chi connectivity index (χ3n) is 3.08. The molecular weight excluding hydrogens is 284 g/mol. The van der Waals surface area contributed by atoms with Crippen LogP contribution in [0.1, 0.15) is 18.7 Å². The highest BCUT2D eigenvalue weighted by Gasteiger charge is 2.09. The number of nitrogens with zero attached hydrogens (tertiary/aromatic N) is 2. The van der Waals surface area contributed by atoms with E-state index in [2.05, 4.69) is 15.5 Å².